The molecule has 8 heteroatoms. The number of nitrogens with zero attached hydrogens (tertiary/aromatic N) is 1. The van der Waals surface area contributed by atoms with Gasteiger partial charge in [0.1, 0.15) is 16.9 Å². The van der Waals surface area contributed by atoms with Gasteiger partial charge in [0, 0.05) is 23.7 Å². The second kappa shape index (κ2) is 12.0. The first-order valence-corrected chi connectivity index (χ1v) is 13.5. The van der Waals surface area contributed by atoms with Crippen LogP contribution in [0.3, 0.4) is 0 Å². The van der Waals surface area contributed by atoms with E-state index in [1.807, 2.05) is 49.4 Å². The quantitative estimate of drug-likeness (QED) is 0.445. The molecule has 0 radical (unpaired) electrons. The number of ether oxygens (including phenoxy) is 1. The van der Waals surface area contributed by atoms with Crippen molar-refractivity contribution in [1.29, 1.82) is 0 Å². The zero-order valence-electron chi connectivity index (χ0n) is 21.6. The van der Waals surface area contributed by atoms with Gasteiger partial charge in [-0.15, -0.1) is 0 Å². The highest BCUT2D eigenvalue weighted by Crippen LogP contribution is 2.52. The van der Waals surface area contributed by atoms with Crippen molar-refractivity contribution in [1.82, 2.24) is 10.2 Å². The maximum absolute atomic E-state index is 14.0. The van der Waals surface area contributed by atoms with Crippen molar-refractivity contribution in [2.45, 2.75) is 65.3 Å². The highest BCUT2D eigenvalue weighted by molar-refractivity contribution is 6.30. The Morgan fingerprint density at radius 1 is 1.16 bits per heavy atom. The lowest BCUT2D eigenvalue weighted by Crippen LogP contribution is -2.42. The highest BCUT2D eigenvalue weighted by atomic mass is 35.5. The van der Waals surface area contributed by atoms with E-state index < -0.39 is 17.3 Å². The Balaban J connectivity index is 1.62. The topological polar surface area (TPSA) is 88.8 Å². The number of carbonyl (C=O) groups is 3. The lowest BCUT2D eigenvalue weighted by Gasteiger charge is -2.34. The number of nitrogens with one attached hydrogen (secondary N) is 1. The van der Waals surface area contributed by atoms with Crippen LogP contribution in [-0.2, 0) is 32.1 Å². The lowest BCUT2D eigenvalue weighted by atomic mass is 9.69. The zero-order valence-corrected chi connectivity index (χ0v) is 22.3. The summed E-state index contributed by atoms with van der Waals surface area (Å²) in [5.41, 5.74) is 0.580. The number of esters is 1. The maximum Gasteiger partial charge on any atom is 0.318 e. The molecule has 1 aromatic carbocycles. The summed E-state index contributed by atoms with van der Waals surface area (Å²) in [5.74, 6) is -0.322. The number of allylic oxidation sites excluding steroid dienone is 1. The molecule has 2 amide bonds. The minimum atomic E-state index is -1.16. The van der Waals surface area contributed by atoms with Gasteiger partial charge in [-0.3, -0.25) is 14.4 Å². The molecule has 2 heterocycles. The van der Waals surface area contributed by atoms with E-state index in [0.717, 1.165) is 37.0 Å². The molecule has 7 nitrogen and oxygen atoms in total. The third-order valence-corrected chi connectivity index (χ3v) is 7.59. The number of rotatable bonds is 9. The van der Waals surface area contributed by atoms with Gasteiger partial charge in [0.15, 0.2) is 0 Å². The lowest BCUT2D eigenvalue weighted by molar-refractivity contribution is -0.158. The van der Waals surface area contributed by atoms with E-state index in [0.29, 0.717) is 35.9 Å². The van der Waals surface area contributed by atoms with Gasteiger partial charge in [-0.2, -0.15) is 0 Å². The molecule has 198 valence electrons. The molecule has 4 rings (SSSR count). The third-order valence-electron chi connectivity index (χ3n) is 7.34. The molecular weight excluding hydrogens is 492 g/mol. The molecule has 1 N–H and O–H groups in total. The fraction of sp³-hybridized carbons (Fsp3) is 0.483. The second-order valence-corrected chi connectivity index (χ2v) is 10.2. The summed E-state index contributed by atoms with van der Waals surface area (Å²) in [6.45, 7) is 4.46. The van der Waals surface area contributed by atoms with Crippen LogP contribution in [0.4, 0.5) is 0 Å². The molecule has 1 aliphatic heterocycles. The van der Waals surface area contributed by atoms with E-state index in [2.05, 4.69) is 5.32 Å². The van der Waals surface area contributed by atoms with Crippen LogP contribution in [0, 0.1) is 18.3 Å². The van der Waals surface area contributed by atoms with Gasteiger partial charge >= 0.3 is 5.97 Å². The van der Waals surface area contributed by atoms with Crippen LogP contribution >= 0.6 is 11.6 Å². The van der Waals surface area contributed by atoms with Crippen molar-refractivity contribution < 1.29 is 23.5 Å². The van der Waals surface area contributed by atoms with E-state index in [-0.39, 0.29) is 31.4 Å². The Kier molecular flexibility index (Phi) is 8.75. The number of fused-ring (bicyclic) bond motifs is 1. The number of aryl methyl sites for hydroxylation is 1. The highest BCUT2D eigenvalue weighted by Gasteiger charge is 2.61. The minimum Gasteiger partial charge on any atom is -0.465 e. The summed E-state index contributed by atoms with van der Waals surface area (Å²) in [6, 6.07) is 11.2. The number of halogens is 1. The van der Waals surface area contributed by atoms with Gasteiger partial charge in [-0.25, -0.2) is 0 Å². The number of furan rings is 1. The Bertz CT molecular complexity index is 1160. The molecule has 1 fully saturated rings. The average molecular weight is 527 g/mol. The monoisotopic (exact) mass is 526 g/mol. The van der Waals surface area contributed by atoms with Crippen LogP contribution in [-0.4, -0.2) is 35.8 Å². The minimum absolute atomic E-state index is 0.0911. The van der Waals surface area contributed by atoms with Crippen LogP contribution in [0.15, 0.2) is 52.6 Å². The number of carbonyl (C=O) groups excluding carboxylic acids is 3. The average Bonchev–Trinajstić information content (AvgIpc) is 3.37. The van der Waals surface area contributed by atoms with Gasteiger partial charge in [0.05, 0.1) is 19.1 Å². The van der Waals surface area contributed by atoms with Gasteiger partial charge in [0.2, 0.25) is 11.8 Å². The molecular formula is C29H35ClN2O5. The predicted molar refractivity (Wildman–Crippen MR) is 141 cm³/mol. The smallest absolute Gasteiger partial charge is 0.318 e. The fourth-order valence-electron chi connectivity index (χ4n) is 5.51. The van der Waals surface area contributed by atoms with Crippen molar-refractivity contribution in [2.24, 2.45) is 11.3 Å². The number of likely N-dealkylation sites (tertiary alicyclic amines) is 1. The van der Waals surface area contributed by atoms with Crippen molar-refractivity contribution in [3.63, 3.8) is 0 Å². The molecule has 0 saturated carbocycles. The Labute approximate surface area is 223 Å². The molecule has 0 unspecified atom stereocenters. The van der Waals surface area contributed by atoms with Crippen molar-refractivity contribution in [2.75, 3.05) is 13.2 Å². The molecule has 2 aromatic rings. The van der Waals surface area contributed by atoms with Crippen LogP contribution in [0.1, 0.15) is 62.5 Å². The van der Waals surface area contributed by atoms with Crippen LogP contribution in [0.2, 0.25) is 5.02 Å². The number of amides is 2. The summed E-state index contributed by atoms with van der Waals surface area (Å²) >= 11 is 6.03. The molecule has 0 spiro atoms. The summed E-state index contributed by atoms with van der Waals surface area (Å²) < 4.78 is 11.1. The van der Waals surface area contributed by atoms with E-state index >= 15 is 0 Å². The maximum atomic E-state index is 14.0. The normalized spacial score (nSPS) is 23.0. The first-order valence-electron chi connectivity index (χ1n) is 13.1. The first-order chi connectivity index (χ1) is 17.8. The Morgan fingerprint density at radius 3 is 2.65 bits per heavy atom. The predicted octanol–water partition coefficient (Wildman–Crippen LogP) is 5.35. The number of benzene rings is 1. The van der Waals surface area contributed by atoms with Gasteiger partial charge in [-0.1, -0.05) is 42.7 Å². The number of hydrogen-bond donors (Lipinski definition) is 1. The van der Waals surface area contributed by atoms with E-state index in [9.17, 15) is 14.4 Å². The molecule has 2 aliphatic rings. The number of hydrogen-bond acceptors (Lipinski definition) is 5. The van der Waals surface area contributed by atoms with Gasteiger partial charge in [-0.05, 0) is 69.4 Å². The summed E-state index contributed by atoms with van der Waals surface area (Å²) in [5, 5.41) is 3.52. The fourth-order valence-corrected chi connectivity index (χ4v) is 5.64. The molecule has 37 heavy (non-hydrogen) atoms. The van der Waals surface area contributed by atoms with Gasteiger partial charge < -0.3 is 19.4 Å². The Morgan fingerprint density at radius 2 is 1.95 bits per heavy atom. The molecule has 2 atom stereocenters. The summed E-state index contributed by atoms with van der Waals surface area (Å²) in [4.78, 5) is 42.4. The molecule has 1 aliphatic carbocycles. The first kappa shape index (κ1) is 27.0. The van der Waals surface area contributed by atoms with Crippen molar-refractivity contribution in [3.8, 4) is 0 Å². The Hall–Kier alpha value is -3.06. The van der Waals surface area contributed by atoms with Crippen LogP contribution < -0.4 is 5.32 Å². The van der Waals surface area contributed by atoms with Gasteiger partial charge in [0.25, 0.3) is 0 Å². The third kappa shape index (κ3) is 5.93. The zero-order chi connectivity index (χ0) is 26.4. The van der Waals surface area contributed by atoms with E-state index in [1.54, 1.807) is 11.8 Å². The van der Waals surface area contributed by atoms with Crippen LogP contribution in [0.5, 0.6) is 0 Å². The van der Waals surface area contributed by atoms with Crippen LogP contribution in [0.25, 0.3) is 0 Å². The second-order valence-electron chi connectivity index (χ2n) is 9.79. The molecule has 0 bridgehead atoms. The molecule has 1 saturated heterocycles. The van der Waals surface area contributed by atoms with Crippen molar-refractivity contribution >= 4 is 29.4 Å². The van der Waals surface area contributed by atoms with E-state index in [4.69, 9.17) is 20.8 Å². The SMILES string of the molecule is CCOC(=O)[C@]12CCCCC/C=C\1N(CCc1ccc(Cl)cc1)C(=O)[C@H]2CC(=O)NCc1ccc(C)o1. The summed E-state index contributed by atoms with van der Waals surface area (Å²) in [7, 11) is 0. The van der Waals surface area contributed by atoms with E-state index in [1.165, 1.54) is 0 Å². The standard InChI is InChI=1S/C29H35ClN2O5/c1-3-36-28(35)29-16-7-5-4-6-8-25(29)32(17-15-21-10-12-22(30)13-11-21)27(34)24(29)18-26(33)31-19-23-14-9-20(2)37-23/h8-14,24H,3-7,15-19H2,1-2H3,(H,31,33)/b25-8+/t24-,29+/m1/s1. The van der Waals surface area contributed by atoms with Crippen molar-refractivity contribution in [3.05, 3.63) is 70.3 Å². The largest absolute Gasteiger partial charge is 0.465 e. The summed E-state index contributed by atoms with van der Waals surface area (Å²) in [6.07, 6.45) is 6.55. The molecule has 1 aromatic heterocycles.